The van der Waals surface area contributed by atoms with E-state index in [9.17, 15) is 9.50 Å². The number of hydrogen-bond donors (Lipinski definition) is 1. The number of hydrogen-bond acceptors (Lipinski definition) is 1. The largest absolute Gasteiger partial charge is 0.388 e. The van der Waals surface area contributed by atoms with Crippen LogP contribution >= 0.6 is 0 Å². The van der Waals surface area contributed by atoms with Crippen LogP contribution in [0.25, 0.3) is 5.57 Å². The van der Waals surface area contributed by atoms with E-state index in [2.05, 4.69) is 6.58 Å². The van der Waals surface area contributed by atoms with Gasteiger partial charge < -0.3 is 5.11 Å². The molecule has 18 heavy (non-hydrogen) atoms. The van der Waals surface area contributed by atoms with Gasteiger partial charge in [-0.25, -0.2) is 4.39 Å². The zero-order chi connectivity index (χ0) is 13.0. The minimum atomic E-state index is -0.654. The van der Waals surface area contributed by atoms with Gasteiger partial charge in [0.2, 0.25) is 0 Å². The first-order chi connectivity index (χ1) is 8.66. The van der Waals surface area contributed by atoms with Crippen LogP contribution in [0.5, 0.6) is 0 Å². The van der Waals surface area contributed by atoms with Crippen molar-refractivity contribution >= 4 is 5.57 Å². The fourth-order valence-electron chi connectivity index (χ4n) is 1.83. The van der Waals surface area contributed by atoms with Crippen LogP contribution in [-0.2, 0) is 0 Å². The molecule has 2 aromatic rings. The van der Waals surface area contributed by atoms with Gasteiger partial charge in [-0.05, 0) is 28.8 Å². The summed E-state index contributed by atoms with van der Waals surface area (Å²) in [7, 11) is 0. The smallest absolute Gasteiger partial charge is 0.123 e. The highest BCUT2D eigenvalue weighted by molar-refractivity contribution is 5.63. The van der Waals surface area contributed by atoms with Crippen LogP contribution in [-0.4, -0.2) is 5.11 Å². The quantitative estimate of drug-likeness (QED) is 0.860. The molecule has 0 saturated heterocycles. The lowest BCUT2D eigenvalue weighted by atomic mass is 9.97. The molecule has 92 valence electrons. The van der Waals surface area contributed by atoms with E-state index in [1.807, 2.05) is 30.3 Å². The van der Waals surface area contributed by atoms with Crippen molar-refractivity contribution in [1.29, 1.82) is 0 Å². The second kappa shape index (κ2) is 5.61. The van der Waals surface area contributed by atoms with Crippen LogP contribution in [0.2, 0.25) is 0 Å². The van der Waals surface area contributed by atoms with Crippen LogP contribution in [0, 0.1) is 5.82 Å². The number of rotatable bonds is 4. The molecule has 0 amide bonds. The van der Waals surface area contributed by atoms with Gasteiger partial charge in [0.25, 0.3) is 0 Å². The highest BCUT2D eigenvalue weighted by Crippen LogP contribution is 2.25. The van der Waals surface area contributed by atoms with Gasteiger partial charge in [0.15, 0.2) is 0 Å². The van der Waals surface area contributed by atoms with Gasteiger partial charge in [-0.2, -0.15) is 0 Å². The zero-order valence-electron chi connectivity index (χ0n) is 10.0. The summed E-state index contributed by atoms with van der Waals surface area (Å²) >= 11 is 0. The Bertz CT molecular complexity index is 517. The average molecular weight is 242 g/mol. The Hall–Kier alpha value is -1.93. The van der Waals surface area contributed by atoms with Crippen molar-refractivity contribution in [2.45, 2.75) is 12.5 Å². The first-order valence-corrected chi connectivity index (χ1v) is 5.83. The molecule has 0 aromatic heterocycles. The van der Waals surface area contributed by atoms with E-state index in [0.29, 0.717) is 12.0 Å². The number of halogens is 1. The first-order valence-electron chi connectivity index (χ1n) is 5.83. The van der Waals surface area contributed by atoms with Gasteiger partial charge in [-0.3, -0.25) is 0 Å². The fraction of sp³-hybridized carbons (Fsp3) is 0.125. The van der Waals surface area contributed by atoms with Crippen molar-refractivity contribution < 1.29 is 9.50 Å². The predicted molar refractivity (Wildman–Crippen MR) is 71.5 cm³/mol. The number of aliphatic hydroxyl groups is 1. The molecule has 1 unspecified atom stereocenters. The summed E-state index contributed by atoms with van der Waals surface area (Å²) in [5, 5.41) is 10.1. The van der Waals surface area contributed by atoms with Crippen LogP contribution in [0.1, 0.15) is 23.7 Å². The molecule has 0 aliphatic carbocycles. The lowest BCUT2D eigenvalue weighted by Crippen LogP contribution is -1.98. The van der Waals surface area contributed by atoms with E-state index in [1.54, 1.807) is 12.1 Å². The van der Waals surface area contributed by atoms with E-state index in [1.165, 1.54) is 12.1 Å². The topological polar surface area (TPSA) is 20.2 Å². The van der Waals surface area contributed by atoms with E-state index in [0.717, 1.165) is 11.1 Å². The van der Waals surface area contributed by atoms with Crippen LogP contribution in [0.15, 0.2) is 61.2 Å². The van der Waals surface area contributed by atoms with Gasteiger partial charge in [0, 0.05) is 6.42 Å². The molecular weight excluding hydrogens is 227 g/mol. The van der Waals surface area contributed by atoms with Gasteiger partial charge >= 0.3 is 0 Å². The minimum Gasteiger partial charge on any atom is -0.388 e. The molecule has 1 N–H and O–H groups in total. The Kier molecular flexibility index (Phi) is 3.90. The Labute approximate surface area is 106 Å². The standard InChI is InChI=1S/C16H15FO/c1-12(13-5-3-2-4-6-13)11-16(18)14-7-9-15(17)10-8-14/h2-10,16,18H,1,11H2. The molecule has 0 spiro atoms. The monoisotopic (exact) mass is 242 g/mol. The minimum absolute atomic E-state index is 0.298. The zero-order valence-corrected chi connectivity index (χ0v) is 10.0. The summed E-state index contributed by atoms with van der Waals surface area (Å²) in [4.78, 5) is 0. The third-order valence-electron chi connectivity index (χ3n) is 2.88. The Morgan fingerprint density at radius 2 is 1.67 bits per heavy atom. The van der Waals surface area contributed by atoms with Crippen molar-refractivity contribution in [2.75, 3.05) is 0 Å². The van der Waals surface area contributed by atoms with Crippen molar-refractivity contribution in [2.24, 2.45) is 0 Å². The molecule has 1 atom stereocenters. The summed E-state index contributed by atoms with van der Waals surface area (Å²) in [5.41, 5.74) is 2.58. The SMILES string of the molecule is C=C(CC(O)c1ccc(F)cc1)c1ccccc1. The maximum absolute atomic E-state index is 12.8. The molecule has 0 bridgehead atoms. The normalized spacial score (nSPS) is 12.1. The Morgan fingerprint density at radius 3 is 2.28 bits per heavy atom. The molecule has 0 fully saturated rings. The molecule has 0 heterocycles. The predicted octanol–water partition coefficient (Wildman–Crippen LogP) is 3.96. The maximum Gasteiger partial charge on any atom is 0.123 e. The molecule has 1 nitrogen and oxygen atoms in total. The molecule has 2 aromatic carbocycles. The Morgan fingerprint density at radius 1 is 1.06 bits per heavy atom. The number of aliphatic hydroxyl groups excluding tert-OH is 1. The third-order valence-corrected chi connectivity index (χ3v) is 2.88. The summed E-state index contributed by atoms with van der Waals surface area (Å²) in [6.45, 7) is 3.97. The van der Waals surface area contributed by atoms with Crippen LogP contribution in [0.3, 0.4) is 0 Å². The summed E-state index contributed by atoms with van der Waals surface area (Å²) in [6, 6.07) is 15.6. The van der Waals surface area contributed by atoms with Crippen molar-refractivity contribution in [3.05, 3.63) is 78.1 Å². The lowest BCUT2D eigenvalue weighted by molar-refractivity contribution is 0.184. The molecule has 2 rings (SSSR count). The van der Waals surface area contributed by atoms with Gasteiger partial charge in [-0.1, -0.05) is 49.0 Å². The molecule has 0 aliphatic heterocycles. The van der Waals surface area contributed by atoms with E-state index >= 15 is 0 Å². The summed E-state index contributed by atoms with van der Waals surface area (Å²) in [6.07, 6.45) is -0.214. The molecular formula is C16H15FO. The van der Waals surface area contributed by atoms with Gasteiger partial charge in [-0.15, -0.1) is 0 Å². The molecule has 0 radical (unpaired) electrons. The van der Waals surface area contributed by atoms with E-state index in [4.69, 9.17) is 0 Å². The molecule has 0 aliphatic rings. The summed E-state index contributed by atoms with van der Waals surface area (Å²) in [5.74, 6) is -0.298. The lowest BCUT2D eigenvalue weighted by Gasteiger charge is -2.13. The average Bonchev–Trinajstić information content (AvgIpc) is 2.40. The highest BCUT2D eigenvalue weighted by atomic mass is 19.1. The second-order valence-corrected chi connectivity index (χ2v) is 4.24. The second-order valence-electron chi connectivity index (χ2n) is 4.24. The fourth-order valence-corrected chi connectivity index (χ4v) is 1.83. The van der Waals surface area contributed by atoms with Crippen LogP contribution < -0.4 is 0 Å². The van der Waals surface area contributed by atoms with E-state index < -0.39 is 6.10 Å². The van der Waals surface area contributed by atoms with Gasteiger partial charge in [0.05, 0.1) is 6.10 Å². The highest BCUT2D eigenvalue weighted by Gasteiger charge is 2.10. The Balaban J connectivity index is 2.06. The molecule has 0 saturated carbocycles. The van der Waals surface area contributed by atoms with Crippen molar-refractivity contribution in [3.8, 4) is 0 Å². The number of benzene rings is 2. The van der Waals surface area contributed by atoms with Gasteiger partial charge in [0.1, 0.15) is 5.82 Å². The summed E-state index contributed by atoms with van der Waals surface area (Å²) < 4.78 is 12.8. The first kappa shape index (κ1) is 12.5. The van der Waals surface area contributed by atoms with Crippen LogP contribution in [0.4, 0.5) is 4.39 Å². The molecule has 2 heteroatoms. The van der Waals surface area contributed by atoms with Crippen molar-refractivity contribution in [3.63, 3.8) is 0 Å². The van der Waals surface area contributed by atoms with Crippen molar-refractivity contribution in [1.82, 2.24) is 0 Å². The maximum atomic E-state index is 12.8. The third kappa shape index (κ3) is 3.05. The van der Waals surface area contributed by atoms with E-state index in [-0.39, 0.29) is 5.82 Å².